The maximum absolute atomic E-state index is 8.43. The van der Waals surface area contributed by atoms with Crippen molar-refractivity contribution in [2.45, 2.75) is 12.5 Å². The van der Waals surface area contributed by atoms with E-state index in [1.807, 2.05) is 12.1 Å². The second kappa shape index (κ2) is 4.38. The van der Waals surface area contributed by atoms with Crippen LogP contribution in [0.5, 0.6) is 0 Å². The summed E-state index contributed by atoms with van der Waals surface area (Å²) in [6.07, 6.45) is 0.361. The van der Waals surface area contributed by atoms with Crippen LogP contribution in [0.15, 0.2) is 14.3 Å². The van der Waals surface area contributed by atoms with Crippen molar-refractivity contribution in [3.05, 3.63) is 19.2 Å². The van der Waals surface area contributed by atoms with Gasteiger partial charge in [0.25, 0.3) is 0 Å². The molecule has 1 unspecified atom stereocenters. The Morgan fingerprint density at radius 3 is 2.75 bits per heavy atom. The summed E-state index contributed by atoms with van der Waals surface area (Å²) in [4.78, 5) is 1.02. The van der Waals surface area contributed by atoms with E-state index in [9.17, 15) is 0 Å². The number of nitrogens with zero attached hydrogens (tertiary/aromatic N) is 1. The molecule has 1 aromatic heterocycles. The van der Waals surface area contributed by atoms with E-state index in [4.69, 9.17) is 11.0 Å². The molecule has 0 saturated heterocycles. The van der Waals surface area contributed by atoms with Crippen LogP contribution in [0, 0.1) is 11.3 Å². The van der Waals surface area contributed by atoms with Gasteiger partial charge in [-0.1, -0.05) is 0 Å². The fraction of sp³-hybridized carbons (Fsp3) is 0.286. The largest absolute Gasteiger partial charge is 0.322 e. The van der Waals surface area contributed by atoms with Gasteiger partial charge in [-0.05, 0) is 37.9 Å². The molecule has 5 heteroatoms. The zero-order valence-corrected chi connectivity index (χ0v) is 10.0. The molecule has 1 heterocycles. The van der Waals surface area contributed by atoms with Crippen molar-refractivity contribution in [2.24, 2.45) is 5.73 Å². The minimum Gasteiger partial charge on any atom is -0.322 e. The van der Waals surface area contributed by atoms with Crippen molar-refractivity contribution >= 4 is 43.2 Å². The summed E-state index contributed by atoms with van der Waals surface area (Å²) in [5.41, 5.74) is 5.73. The summed E-state index contributed by atoms with van der Waals surface area (Å²) in [5, 5.41) is 8.43. The Hall–Kier alpha value is 0.110. The standard InChI is InChI=1S/C7H6Br2N2S/c8-4-3-6(12-7(4)9)5(11)1-2-10/h3,5H,1,11H2. The quantitative estimate of drug-likeness (QED) is 0.912. The molecular weight excluding hydrogens is 304 g/mol. The maximum Gasteiger partial charge on any atom is 0.0843 e. The van der Waals surface area contributed by atoms with Crippen molar-refractivity contribution in [3.8, 4) is 6.07 Å². The lowest BCUT2D eigenvalue weighted by Gasteiger charge is -2.01. The third-order valence-electron chi connectivity index (χ3n) is 1.34. The van der Waals surface area contributed by atoms with Gasteiger partial charge in [-0.25, -0.2) is 0 Å². The third-order valence-corrected chi connectivity index (χ3v) is 4.73. The molecule has 0 fully saturated rings. The van der Waals surface area contributed by atoms with Crippen molar-refractivity contribution in [1.29, 1.82) is 5.26 Å². The first-order valence-corrected chi connectivity index (χ1v) is 5.62. The second-order valence-electron chi connectivity index (χ2n) is 2.24. The molecule has 1 atom stereocenters. The predicted molar refractivity (Wildman–Crippen MR) is 56.9 cm³/mol. The average molecular weight is 310 g/mol. The Kier molecular flexibility index (Phi) is 3.72. The highest BCUT2D eigenvalue weighted by Crippen LogP contribution is 2.35. The van der Waals surface area contributed by atoms with Crippen LogP contribution in [0.2, 0.25) is 0 Å². The van der Waals surface area contributed by atoms with Crippen molar-refractivity contribution in [1.82, 2.24) is 0 Å². The van der Waals surface area contributed by atoms with Gasteiger partial charge in [0.1, 0.15) is 0 Å². The van der Waals surface area contributed by atoms with Crippen LogP contribution >= 0.6 is 43.2 Å². The highest BCUT2D eigenvalue weighted by Gasteiger charge is 2.10. The van der Waals surface area contributed by atoms with E-state index >= 15 is 0 Å². The van der Waals surface area contributed by atoms with Gasteiger partial charge in [-0.15, -0.1) is 11.3 Å². The Morgan fingerprint density at radius 2 is 2.33 bits per heavy atom. The Balaban J connectivity index is 2.83. The predicted octanol–water partition coefficient (Wildman–Crippen LogP) is 3.19. The fourth-order valence-electron chi connectivity index (χ4n) is 0.745. The van der Waals surface area contributed by atoms with E-state index in [-0.39, 0.29) is 6.04 Å². The molecule has 0 aliphatic carbocycles. The molecule has 2 nitrogen and oxygen atoms in total. The van der Waals surface area contributed by atoms with Gasteiger partial charge in [-0.3, -0.25) is 0 Å². The molecular formula is C7H6Br2N2S. The van der Waals surface area contributed by atoms with Crippen molar-refractivity contribution < 1.29 is 0 Å². The van der Waals surface area contributed by atoms with Gasteiger partial charge < -0.3 is 5.73 Å². The summed E-state index contributed by atoms with van der Waals surface area (Å²) in [5.74, 6) is 0. The minimum atomic E-state index is -0.164. The number of rotatable bonds is 2. The van der Waals surface area contributed by atoms with Crippen LogP contribution in [0.25, 0.3) is 0 Å². The second-order valence-corrected chi connectivity index (χ2v) is 5.50. The highest BCUT2D eigenvalue weighted by molar-refractivity contribution is 9.13. The molecule has 0 aliphatic rings. The number of hydrogen-bond acceptors (Lipinski definition) is 3. The van der Waals surface area contributed by atoms with Gasteiger partial charge in [0.05, 0.1) is 22.3 Å². The molecule has 64 valence electrons. The van der Waals surface area contributed by atoms with Crippen LogP contribution in [0.4, 0.5) is 0 Å². The Morgan fingerprint density at radius 1 is 1.67 bits per heavy atom. The lowest BCUT2D eigenvalue weighted by atomic mass is 10.2. The third kappa shape index (κ3) is 2.30. The molecule has 0 amide bonds. The van der Waals surface area contributed by atoms with Crippen molar-refractivity contribution in [3.63, 3.8) is 0 Å². The first-order valence-electron chi connectivity index (χ1n) is 3.22. The number of nitriles is 1. The van der Waals surface area contributed by atoms with Crippen LogP contribution in [0.3, 0.4) is 0 Å². The van der Waals surface area contributed by atoms with Crippen LogP contribution in [0.1, 0.15) is 17.3 Å². The number of halogens is 2. The maximum atomic E-state index is 8.43. The summed E-state index contributed by atoms with van der Waals surface area (Å²) >= 11 is 8.29. The summed E-state index contributed by atoms with van der Waals surface area (Å²) in [6.45, 7) is 0. The van der Waals surface area contributed by atoms with Gasteiger partial charge in [0.15, 0.2) is 0 Å². The van der Waals surface area contributed by atoms with Gasteiger partial charge in [-0.2, -0.15) is 5.26 Å². The fourth-order valence-corrected chi connectivity index (χ4v) is 2.84. The van der Waals surface area contributed by atoms with E-state index in [0.717, 1.165) is 13.1 Å². The summed E-state index contributed by atoms with van der Waals surface area (Å²) in [7, 11) is 0. The summed E-state index contributed by atoms with van der Waals surface area (Å²) < 4.78 is 2.02. The molecule has 1 rings (SSSR count). The lowest BCUT2D eigenvalue weighted by Crippen LogP contribution is -2.06. The Labute approximate surface area is 91.6 Å². The zero-order chi connectivity index (χ0) is 9.14. The van der Waals surface area contributed by atoms with Crippen LogP contribution < -0.4 is 5.73 Å². The monoisotopic (exact) mass is 308 g/mol. The molecule has 0 bridgehead atoms. The lowest BCUT2D eigenvalue weighted by molar-refractivity contribution is 0.764. The topological polar surface area (TPSA) is 49.8 Å². The Bertz CT molecular complexity index is 296. The molecule has 1 aromatic rings. The SMILES string of the molecule is N#CCC(N)c1cc(Br)c(Br)s1. The number of hydrogen-bond donors (Lipinski definition) is 1. The van der Waals surface area contributed by atoms with E-state index in [1.54, 1.807) is 11.3 Å². The number of nitrogens with two attached hydrogens (primary N) is 1. The van der Waals surface area contributed by atoms with E-state index in [0.29, 0.717) is 6.42 Å². The van der Waals surface area contributed by atoms with E-state index in [2.05, 4.69) is 31.9 Å². The van der Waals surface area contributed by atoms with Gasteiger partial charge in [0, 0.05) is 9.35 Å². The molecule has 12 heavy (non-hydrogen) atoms. The van der Waals surface area contributed by atoms with Crippen molar-refractivity contribution in [2.75, 3.05) is 0 Å². The summed E-state index contributed by atoms with van der Waals surface area (Å²) in [6, 6.07) is 3.82. The van der Waals surface area contributed by atoms with Crippen LogP contribution in [-0.4, -0.2) is 0 Å². The first-order chi connectivity index (χ1) is 5.65. The number of thiophene rings is 1. The molecule has 0 saturated carbocycles. The zero-order valence-electron chi connectivity index (χ0n) is 6.05. The van der Waals surface area contributed by atoms with E-state index in [1.165, 1.54) is 0 Å². The molecule has 2 N–H and O–H groups in total. The molecule has 0 aromatic carbocycles. The highest BCUT2D eigenvalue weighted by atomic mass is 79.9. The molecule has 0 spiro atoms. The van der Waals surface area contributed by atoms with E-state index < -0.39 is 0 Å². The average Bonchev–Trinajstić information content (AvgIpc) is 2.33. The van der Waals surface area contributed by atoms with Gasteiger partial charge >= 0.3 is 0 Å². The van der Waals surface area contributed by atoms with Gasteiger partial charge in [0.2, 0.25) is 0 Å². The first kappa shape index (κ1) is 10.2. The molecule has 0 radical (unpaired) electrons. The molecule has 0 aliphatic heterocycles. The van der Waals surface area contributed by atoms with Crippen LogP contribution in [-0.2, 0) is 0 Å². The minimum absolute atomic E-state index is 0.164. The normalized spacial score (nSPS) is 12.5. The smallest absolute Gasteiger partial charge is 0.0843 e.